The first kappa shape index (κ1) is 25.2. The van der Waals surface area contributed by atoms with E-state index in [0.29, 0.717) is 5.75 Å². The van der Waals surface area contributed by atoms with Crippen LogP contribution in [0.25, 0.3) is 0 Å². The lowest BCUT2D eigenvalue weighted by Crippen LogP contribution is -2.49. The van der Waals surface area contributed by atoms with Gasteiger partial charge in [0.2, 0.25) is 0 Å². The standard InChI is InChI=1S/C20H23BrN2O3.C2H2O4/c1-25-19-5-3-2-4-16(19)14-22-10-12-23(13-11-22)20(24)15-26-18-8-6-17(21)7-9-18;3-1(4)2(5)6/h2-9H,10-15H2,1H3;(H,3,4)(H,5,6). The van der Waals surface area contributed by atoms with Gasteiger partial charge in [-0.2, -0.15) is 0 Å². The maximum absolute atomic E-state index is 12.4. The Kier molecular flexibility index (Phi) is 9.96. The van der Waals surface area contributed by atoms with Crippen molar-refractivity contribution in [2.75, 3.05) is 39.9 Å². The first-order chi connectivity index (χ1) is 15.3. The van der Waals surface area contributed by atoms with E-state index < -0.39 is 11.9 Å². The number of rotatable bonds is 6. The Morgan fingerprint density at radius 3 is 2.09 bits per heavy atom. The fourth-order valence-electron chi connectivity index (χ4n) is 3.00. The summed E-state index contributed by atoms with van der Waals surface area (Å²) in [6.07, 6.45) is 0. The average molecular weight is 509 g/mol. The molecule has 0 bridgehead atoms. The Morgan fingerprint density at radius 1 is 0.938 bits per heavy atom. The van der Waals surface area contributed by atoms with E-state index in [0.717, 1.165) is 42.9 Å². The van der Waals surface area contributed by atoms with Crippen molar-refractivity contribution in [2.24, 2.45) is 0 Å². The molecular weight excluding hydrogens is 484 g/mol. The molecule has 2 aromatic carbocycles. The van der Waals surface area contributed by atoms with Gasteiger partial charge in [0.25, 0.3) is 5.91 Å². The van der Waals surface area contributed by atoms with Crippen molar-refractivity contribution in [3.05, 3.63) is 58.6 Å². The number of hydrogen-bond donors (Lipinski definition) is 2. The van der Waals surface area contributed by atoms with E-state index in [1.54, 1.807) is 7.11 Å². The second-order valence-electron chi connectivity index (χ2n) is 6.82. The molecule has 0 spiro atoms. The van der Waals surface area contributed by atoms with E-state index in [1.165, 1.54) is 5.56 Å². The molecule has 0 atom stereocenters. The molecule has 0 aliphatic carbocycles. The van der Waals surface area contributed by atoms with Gasteiger partial charge in [0.1, 0.15) is 11.5 Å². The van der Waals surface area contributed by atoms with Crippen molar-refractivity contribution in [2.45, 2.75) is 6.54 Å². The molecule has 1 aliphatic rings. The molecule has 1 saturated heterocycles. The number of carbonyl (C=O) groups is 3. The molecular formula is C22H25BrN2O7. The van der Waals surface area contributed by atoms with Gasteiger partial charge in [0, 0.05) is 42.8 Å². The van der Waals surface area contributed by atoms with Crippen molar-refractivity contribution in [3.63, 3.8) is 0 Å². The molecule has 32 heavy (non-hydrogen) atoms. The summed E-state index contributed by atoms with van der Waals surface area (Å²) in [5.74, 6) is -2.00. The molecule has 1 heterocycles. The van der Waals surface area contributed by atoms with Crippen LogP contribution >= 0.6 is 15.9 Å². The van der Waals surface area contributed by atoms with Gasteiger partial charge in [-0.3, -0.25) is 9.69 Å². The molecule has 1 fully saturated rings. The van der Waals surface area contributed by atoms with Crippen LogP contribution in [0, 0.1) is 0 Å². The van der Waals surface area contributed by atoms with Crippen LogP contribution in [0.2, 0.25) is 0 Å². The highest BCUT2D eigenvalue weighted by atomic mass is 79.9. The number of para-hydroxylation sites is 1. The van der Waals surface area contributed by atoms with E-state index in [9.17, 15) is 4.79 Å². The van der Waals surface area contributed by atoms with Crippen LogP contribution in [-0.4, -0.2) is 77.8 Å². The fraction of sp³-hybridized carbons (Fsp3) is 0.318. The highest BCUT2D eigenvalue weighted by molar-refractivity contribution is 9.10. The highest BCUT2D eigenvalue weighted by Gasteiger charge is 2.22. The quantitative estimate of drug-likeness (QED) is 0.571. The minimum Gasteiger partial charge on any atom is -0.496 e. The third-order valence-electron chi connectivity index (χ3n) is 4.67. The number of amides is 1. The second-order valence-corrected chi connectivity index (χ2v) is 7.74. The van der Waals surface area contributed by atoms with Crippen LogP contribution in [0.5, 0.6) is 11.5 Å². The molecule has 1 aliphatic heterocycles. The van der Waals surface area contributed by atoms with E-state index >= 15 is 0 Å². The summed E-state index contributed by atoms with van der Waals surface area (Å²) in [4.78, 5) is 34.8. The van der Waals surface area contributed by atoms with Crippen molar-refractivity contribution < 1.29 is 34.1 Å². The summed E-state index contributed by atoms with van der Waals surface area (Å²) in [6.45, 7) is 4.05. The molecule has 0 unspecified atom stereocenters. The van der Waals surface area contributed by atoms with Gasteiger partial charge in [0.15, 0.2) is 6.61 Å². The summed E-state index contributed by atoms with van der Waals surface area (Å²) in [5.41, 5.74) is 1.17. The predicted molar refractivity (Wildman–Crippen MR) is 120 cm³/mol. The summed E-state index contributed by atoms with van der Waals surface area (Å²) in [6, 6.07) is 15.6. The molecule has 2 N–H and O–H groups in total. The van der Waals surface area contributed by atoms with E-state index in [1.807, 2.05) is 47.4 Å². The Labute approximate surface area is 194 Å². The van der Waals surface area contributed by atoms with Crippen LogP contribution < -0.4 is 9.47 Å². The lowest BCUT2D eigenvalue weighted by Gasteiger charge is -2.34. The van der Waals surface area contributed by atoms with Crippen molar-refractivity contribution in [3.8, 4) is 11.5 Å². The minimum atomic E-state index is -1.82. The summed E-state index contributed by atoms with van der Waals surface area (Å²) >= 11 is 3.38. The van der Waals surface area contributed by atoms with Gasteiger partial charge in [0.05, 0.1) is 7.11 Å². The third kappa shape index (κ3) is 8.20. The molecule has 10 heteroatoms. The zero-order valence-electron chi connectivity index (χ0n) is 17.6. The van der Waals surface area contributed by atoms with Crippen molar-refractivity contribution in [1.29, 1.82) is 0 Å². The Balaban J connectivity index is 0.000000534. The topological polar surface area (TPSA) is 117 Å². The number of carboxylic acid groups (broad SMARTS) is 2. The minimum absolute atomic E-state index is 0.0323. The lowest BCUT2D eigenvalue weighted by molar-refractivity contribution is -0.159. The number of carboxylic acids is 2. The zero-order chi connectivity index (χ0) is 23.5. The Hall–Kier alpha value is -3.11. The van der Waals surface area contributed by atoms with Crippen LogP contribution in [0.3, 0.4) is 0 Å². The first-order valence-corrected chi connectivity index (χ1v) is 10.6. The number of carbonyl (C=O) groups excluding carboxylic acids is 1. The average Bonchev–Trinajstić information content (AvgIpc) is 2.79. The smallest absolute Gasteiger partial charge is 0.414 e. The number of benzene rings is 2. The maximum atomic E-state index is 12.4. The second kappa shape index (κ2) is 12.7. The number of piperazine rings is 1. The number of ether oxygens (including phenoxy) is 2. The third-order valence-corrected chi connectivity index (χ3v) is 5.20. The molecule has 9 nitrogen and oxygen atoms in total. The van der Waals surface area contributed by atoms with Gasteiger partial charge >= 0.3 is 11.9 Å². The van der Waals surface area contributed by atoms with E-state index in [-0.39, 0.29) is 12.5 Å². The Bertz CT molecular complexity index is 901. The molecule has 0 aromatic heterocycles. The van der Waals surface area contributed by atoms with Gasteiger partial charge < -0.3 is 24.6 Å². The number of aliphatic carboxylic acids is 2. The highest BCUT2D eigenvalue weighted by Crippen LogP contribution is 2.20. The van der Waals surface area contributed by atoms with Gasteiger partial charge in [-0.25, -0.2) is 9.59 Å². The number of methoxy groups -OCH3 is 1. The normalized spacial score (nSPS) is 13.5. The predicted octanol–water partition coefficient (Wildman–Crippen LogP) is 2.34. The van der Waals surface area contributed by atoms with Gasteiger partial charge in [-0.1, -0.05) is 34.1 Å². The summed E-state index contributed by atoms with van der Waals surface area (Å²) in [5, 5.41) is 14.8. The molecule has 0 saturated carbocycles. The van der Waals surface area contributed by atoms with Crippen LogP contribution in [0.4, 0.5) is 0 Å². The molecule has 0 radical (unpaired) electrons. The monoisotopic (exact) mass is 508 g/mol. The first-order valence-electron chi connectivity index (χ1n) is 9.76. The Morgan fingerprint density at radius 2 is 1.53 bits per heavy atom. The summed E-state index contributed by atoms with van der Waals surface area (Å²) in [7, 11) is 1.70. The summed E-state index contributed by atoms with van der Waals surface area (Å²) < 4.78 is 12.0. The molecule has 3 rings (SSSR count). The zero-order valence-corrected chi connectivity index (χ0v) is 19.2. The van der Waals surface area contributed by atoms with Crippen LogP contribution in [-0.2, 0) is 20.9 Å². The van der Waals surface area contributed by atoms with Gasteiger partial charge in [-0.05, 0) is 30.3 Å². The largest absolute Gasteiger partial charge is 0.496 e. The van der Waals surface area contributed by atoms with Crippen molar-refractivity contribution in [1.82, 2.24) is 9.80 Å². The molecule has 1 amide bonds. The maximum Gasteiger partial charge on any atom is 0.414 e. The van der Waals surface area contributed by atoms with Crippen LogP contribution in [0.1, 0.15) is 5.56 Å². The number of nitrogens with zero attached hydrogens (tertiary/aromatic N) is 2. The molecule has 172 valence electrons. The van der Waals surface area contributed by atoms with Crippen molar-refractivity contribution >= 4 is 33.8 Å². The fourth-order valence-corrected chi connectivity index (χ4v) is 3.26. The lowest BCUT2D eigenvalue weighted by atomic mass is 10.1. The SMILES string of the molecule is COc1ccccc1CN1CCN(C(=O)COc2ccc(Br)cc2)CC1.O=C(O)C(=O)O. The molecule has 2 aromatic rings. The van der Waals surface area contributed by atoms with Crippen LogP contribution in [0.15, 0.2) is 53.0 Å². The van der Waals surface area contributed by atoms with E-state index in [4.69, 9.17) is 29.3 Å². The van der Waals surface area contributed by atoms with E-state index in [2.05, 4.69) is 26.9 Å². The number of hydrogen-bond acceptors (Lipinski definition) is 6. The number of halogens is 1. The van der Waals surface area contributed by atoms with Gasteiger partial charge in [-0.15, -0.1) is 0 Å².